The first-order valence-electron chi connectivity index (χ1n) is 11.3. The molecule has 0 aliphatic heterocycles. The Labute approximate surface area is 158 Å². The van der Waals surface area contributed by atoms with Crippen molar-refractivity contribution in [3.8, 4) is 0 Å². The molecule has 25 heavy (non-hydrogen) atoms. The monoisotopic (exact) mass is 368 g/mol. The highest BCUT2D eigenvalue weighted by Crippen LogP contribution is 2.61. The van der Waals surface area contributed by atoms with Crippen LogP contribution in [0.2, 0.25) is 0 Å². The van der Waals surface area contributed by atoms with Gasteiger partial charge < -0.3 is 4.57 Å². The molecule has 0 N–H and O–H groups in total. The SMILES string of the molecule is CCCCC(CC)CP(=O)(CC(CC)CCCC)C1=C(C)CCCC1. The highest BCUT2D eigenvalue weighted by atomic mass is 31.2. The average Bonchev–Trinajstić information content (AvgIpc) is 2.62. The first-order valence-corrected chi connectivity index (χ1v) is 13.4. The number of hydrogen-bond donors (Lipinski definition) is 0. The minimum Gasteiger partial charge on any atom is -0.319 e. The van der Waals surface area contributed by atoms with Crippen molar-refractivity contribution < 1.29 is 4.57 Å². The summed E-state index contributed by atoms with van der Waals surface area (Å²) in [6.45, 7) is 11.4. The summed E-state index contributed by atoms with van der Waals surface area (Å²) in [5.41, 5.74) is 1.49. The van der Waals surface area contributed by atoms with Crippen LogP contribution in [0.3, 0.4) is 0 Å². The predicted octanol–water partition coefficient (Wildman–Crippen LogP) is 8.63. The van der Waals surface area contributed by atoms with Gasteiger partial charge in [0.25, 0.3) is 0 Å². The summed E-state index contributed by atoms with van der Waals surface area (Å²) < 4.78 is 14.4. The molecule has 0 fully saturated rings. The van der Waals surface area contributed by atoms with E-state index in [0.717, 1.165) is 18.7 Å². The maximum absolute atomic E-state index is 14.4. The predicted molar refractivity (Wildman–Crippen MR) is 115 cm³/mol. The van der Waals surface area contributed by atoms with Crippen LogP contribution < -0.4 is 0 Å². The Morgan fingerprint density at radius 3 is 1.72 bits per heavy atom. The molecule has 0 radical (unpaired) electrons. The lowest BCUT2D eigenvalue weighted by molar-refractivity contribution is 0.463. The molecule has 0 aromatic rings. The van der Waals surface area contributed by atoms with Gasteiger partial charge in [-0.2, -0.15) is 0 Å². The van der Waals surface area contributed by atoms with E-state index in [1.807, 2.05) is 0 Å². The molecule has 0 aromatic heterocycles. The van der Waals surface area contributed by atoms with E-state index >= 15 is 0 Å². The average molecular weight is 369 g/mol. The summed E-state index contributed by atoms with van der Waals surface area (Å²) in [6, 6.07) is 0. The molecule has 0 amide bonds. The molecule has 2 heteroatoms. The number of unbranched alkanes of at least 4 members (excludes halogenated alkanes) is 2. The van der Waals surface area contributed by atoms with Gasteiger partial charge >= 0.3 is 0 Å². The van der Waals surface area contributed by atoms with Crippen LogP contribution in [0.25, 0.3) is 0 Å². The second-order valence-corrected chi connectivity index (χ2v) is 11.6. The van der Waals surface area contributed by atoms with Crippen LogP contribution in [0.4, 0.5) is 0 Å². The Kier molecular flexibility index (Phi) is 11.4. The van der Waals surface area contributed by atoms with Crippen LogP contribution in [0.15, 0.2) is 10.9 Å². The van der Waals surface area contributed by atoms with E-state index < -0.39 is 7.14 Å². The third-order valence-corrected chi connectivity index (χ3v) is 10.2. The van der Waals surface area contributed by atoms with Gasteiger partial charge in [-0.05, 0) is 49.8 Å². The minimum atomic E-state index is -2.20. The molecule has 1 aliphatic rings. The largest absolute Gasteiger partial charge is 0.319 e. The zero-order chi connectivity index (χ0) is 18.7. The molecule has 148 valence electrons. The van der Waals surface area contributed by atoms with E-state index in [1.165, 1.54) is 81.5 Å². The molecule has 0 heterocycles. The Morgan fingerprint density at radius 1 is 0.840 bits per heavy atom. The first-order chi connectivity index (χ1) is 12.0. The second-order valence-electron chi connectivity index (χ2n) is 8.52. The number of allylic oxidation sites excluding steroid dienone is 2. The number of hydrogen-bond acceptors (Lipinski definition) is 1. The fraction of sp³-hybridized carbons (Fsp3) is 0.913. The lowest BCUT2D eigenvalue weighted by Crippen LogP contribution is -2.16. The van der Waals surface area contributed by atoms with E-state index in [9.17, 15) is 4.57 Å². The maximum Gasteiger partial charge on any atom is 0.112 e. The van der Waals surface area contributed by atoms with Crippen molar-refractivity contribution in [2.24, 2.45) is 11.8 Å². The Bertz CT molecular complexity index is 415. The van der Waals surface area contributed by atoms with Crippen molar-refractivity contribution in [3.63, 3.8) is 0 Å². The molecule has 0 saturated carbocycles. The lowest BCUT2D eigenvalue weighted by Gasteiger charge is -2.32. The molecule has 0 bridgehead atoms. The van der Waals surface area contributed by atoms with Crippen LogP contribution in [0.5, 0.6) is 0 Å². The molecule has 1 rings (SSSR count). The van der Waals surface area contributed by atoms with E-state index in [-0.39, 0.29) is 0 Å². The first kappa shape index (κ1) is 23.0. The summed E-state index contributed by atoms with van der Waals surface area (Å²) in [4.78, 5) is 0. The third-order valence-electron chi connectivity index (χ3n) is 6.39. The van der Waals surface area contributed by atoms with Crippen LogP contribution in [0, 0.1) is 11.8 Å². The summed E-state index contributed by atoms with van der Waals surface area (Å²) in [7, 11) is -2.20. The van der Waals surface area contributed by atoms with Crippen LogP contribution >= 0.6 is 7.14 Å². The van der Waals surface area contributed by atoms with Gasteiger partial charge in [-0.1, -0.05) is 84.6 Å². The van der Waals surface area contributed by atoms with Crippen LogP contribution in [-0.4, -0.2) is 12.3 Å². The van der Waals surface area contributed by atoms with Crippen molar-refractivity contribution in [1.82, 2.24) is 0 Å². The molecular weight excluding hydrogens is 323 g/mol. The Morgan fingerprint density at radius 2 is 1.32 bits per heavy atom. The van der Waals surface area contributed by atoms with Crippen molar-refractivity contribution in [3.05, 3.63) is 10.9 Å². The minimum absolute atomic E-state index is 0.664. The van der Waals surface area contributed by atoms with Crippen LogP contribution in [-0.2, 0) is 4.57 Å². The Balaban J connectivity index is 3.01. The van der Waals surface area contributed by atoms with Crippen molar-refractivity contribution >= 4 is 7.14 Å². The fourth-order valence-corrected chi connectivity index (χ4v) is 9.07. The lowest BCUT2D eigenvalue weighted by atomic mass is 10.0. The molecule has 0 spiro atoms. The standard InChI is InChI=1S/C23H45OP/c1-6-10-15-21(8-3)18-25(24,19-22(9-4)16-11-7-2)23-17-13-12-14-20(23)5/h21-22H,6-19H2,1-5H3. The third kappa shape index (κ3) is 7.62. The molecule has 0 aromatic carbocycles. The van der Waals surface area contributed by atoms with Gasteiger partial charge in [-0.25, -0.2) is 0 Å². The van der Waals surface area contributed by atoms with Gasteiger partial charge in [0.2, 0.25) is 0 Å². The highest BCUT2D eigenvalue weighted by molar-refractivity contribution is 7.68. The van der Waals surface area contributed by atoms with Gasteiger partial charge in [-0.3, -0.25) is 0 Å². The van der Waals surface area contributed by atoms with E-state index in [0.29, 0.717) is 11.8 Å². The quantitative estimate of drug-likeness (QED) is 0.297. The van der Waals surface area contributed by atoms with Gasteiger partial charge in [0.05, 0.1) is 0 Å². The molecule has 1 aliphatic carbocycles. The normalized spacial score (nSPS) is 20.4. The zero-order valence-corrected chi connectivity index (χ0v) is 18.8. The van der Waals surface area contributed by atoms with Gasteiger partial charge in [-0.15, -0.1) is 0 Å². The molecule has 0 saturated heterocycles. The zero-order valence-electron chi connectivity index (χ0n) is 17.9. The summed E-state index contributed by atoms with van der Waals surface area (Å²) in [5.74, 6) is 1.33. The molecule has 2 atom stereocenters. The molecular formula is C23H45OP. The Hall–Kier alpha value is -0.0300. The topological polar surface area (TPSA) is 17.1 Å². The van der Waals surface area contributed by atoms with Crippen molar-refractivity contribution in [2.75, 3.05) is 12.3 Å². The van der Waals surface area contributed by atoms with Crippen molar-refractivity contribution in [2.45, 2.75) is 112 Å². The van der Waals surface area contributed by atoms with Crippen molar-refractivity contribution in [1.29, 1.82) is 0 Å². The van der Waals surface area contributed by atoms with E-state index in [2.05, 4.69) is 34.6 Å². The highest BCUT2D eigenvalue weighted by Gasteiger charge is 2.34. The molecule has 2 unspecified atom stereocenters. The maximum atomic E-state index is 14.4. The van der Waals surface area contributed by atoms with E-state index in [1.54, 1.807) is 0 Å². The summed E-state index contributed by atoms with van der Waals surface area (Å²) >= 11 is 0. The second kappa shape index (κ2) is 12.4. The smallest absolute Gasteiger partial charge is 0.112 e. The summed E-state index contributed by atoms with van der Waals surface area (Å²) in [5, 5.41) is 1.43. The van der Waals surface area contributed by atoms with E-state index in [4.69, 9.17) is 0 Å². The van der Waals surface area contributed by atoms with Gasteiger partial charge in [0.15, 0.2) is 0 Å². The van der Waals surface area contributed by atoms with Gasteiger partial charge in [0.1, 0.15) is 7.14 Å². The number of rotatable bonds is 13. The summed E-state index contributed by atoms with van der Waals surface area (Å²) in [6.07, 6.45) is 16.9. The van der Waals surface area contributed by atoms with Gasteiger partial charge in [0, 0.05) is 12.3 Å². The fourth-order valence-electron chi connectivity index (χ4n) is 4.56. The molecule has 1 nitrogen and oxygen atoms in total. The van der Waals surface area contributed by atoms with Crippen LogP contribution in [0.1, 0.15) is 112 Å².